The predicted octanol–water partition coefficient (Wildman–Crippen LogP) is 3.31. The predicted molar refractivity (Wildman–Crippen MR) is 119 cm³/mol. The zero-order valence-corrected chi connectivity index (χ0v) is 19.5. The molecule has 2 heterocycles. The number of benzene rings is 2. The number of halogens is 4. The highest BCUT2D eigenvalue weighted by molar-refractivity contribution is 7.89. The highest BCUT2D eigenvalue weighted by atomic mass is 32.2. The lowest BCUT2D eigenvalue weighted by molar-refractivity contribution is -0.157. The quantitative estimate of drug-likeness (QED) is 0.578. The van der Waals surface area contributed by atoms with E-state index in [1.807, 2.05) is 0 Å². The van der Waals surface area contributed by atoms with Gasteiger partial charge in [-0.3, -0.25) is 4.79 Å². The van der Waals surface area contributed by atoms with Crippen molar-refractivity contribution in [2.24, 2.45) is 5.41 Å². The van der Waals surface area contributed by atoms with E-state index >= 15 is 4.39 Å². The Kier molecular flexibility index (Phi) is 6.13. The van der Waals surface area contributed by atoms with Crippen LogP contribution in [-0.2, 0) is 26.0 Å². The summed E-state index contributed by atoms with van der Waals surface area (Å²) in [6.45, 7) is 0.699. The van der Waals surface area contributed by atoms with Crippen molar-refractivity contribution in [3.8, 4) is 11.1 Å². The maximum absolute atomic E-state index is 15.6. The summed E-state index contributed by atoms with van der Waals surface area (Å²) in [6, 6.07) is 3.91. The molecule has 6 nitrogen and oxygen atoms in total. The molecule has 1 aliphatic carbocycles. The van der Waals surface area contributed by atoms with Crippen LogP contribution in [0.3, 0.4) is 0 Å². The smallest absolute Gasteiger partial charge is 0.252 e. The van der Waals surface area contributed by atoms with Crippen LogP contribution in [0.5, 0.6) is 0 Å². The van der Waals surface area contributed by atoms with Gasteiger partial charge in [0.2, 0.25) is 16.0 Å². The molecule has 35 heavy (non-hydrogen) atoms. The van der Waals surface area contributed by atoms with Gasteiger partial charge in [0.25, 0.3) is 5.91 Å². The Morgan fingerprint density at radius 1 is 1.14 bits per heavy atom. The normalized spacial score (nSPS) is 25.0. The van der Waals surface area contributed by atoms with Gasteiger partial charge in [-0.1, -0.05) is 18.2 Å². The average molecular weight is 513 g/mol. The van der Waals surface area contributed by atoms with Crippen LogP contribution in [0, 0.1) is 22.9 Å². The van der Waals surface area contributed by atoms with Gasteiger partial charge in [-0.15, -0.1) is 0 Å². The molecular weight excluding hydrogens is 488 g/mol. The van der Waals surface area contributed by atoms with Crippen molar-refractivity contribution in [3.63, 3.8) is 0 Å². The molecule has 3 aliphatic rings. The molecule has 3 atom stereocenters. The molecule has 0 unspecified atom stereocenters. The summed E-state index contributed by atoms with van der Waals surface area (Å²) in [6.07, 6.45) is 1.10. The number of rotatable bonds is 7. The molecule has 1 spiro atoms. The van der Waals surface area contributed by atoms with Crippen molar-refractivity contribution in [2.75, 3.05) is 19.2 Å². The first-order valence-corrected chi connectivity index (χ1v) is 13.0. The zero-order valence-electron chi connectivity index (χ0n) is 18.6. The fourth-order valence-electron chi connectivity index (χ4n) is 5.18. The maximum atomic E-state index is 15.6. The van der Waals surface area contributed by atoms with E-state index in [-0.39, 0.29) is 35.6 Å². The fourth-order valence-corrected chi connectivity index (χ4v) is 6.04. The monoisotopic (exact) mass is 512 g/mol. The lowest BCUT2D eigenvalue weighted by Crippen LogP contribution is -2.53. The molecule has 2 aromatic carbocycles. The van der Waals surface area contributed by atoms with Gasteiger partial charge in [-0.05, 0) is 42.5 Å². The van der Waals surface area contributed by atoms with Gasteiger partial charge in [-0.2, -0.15) is 0 Å². The van der Waals surface area contributed by atoms with Crippen molar-refractivity contribution in [1.82, 2.24) is 9.62 Å². The highest BCUT2D eigenvalue weighted by Crippen LogP contribution is 2.56. The van der Waals surface area contributed by atoms with E-state index in [0.29, 0.717) is 31.9 Å². The number of alkyl halides is 1. The molecule has 5 rings (SSSR count). The Bertz CT molecular complexity index is 1240. The van der Waals surface area contributed by atoms with Crippen LogP contribution >= 0.6 is 0 Å². The number of hydrogen-bond acceptors (Lipinski definition) is 4. The standard InChI is InChI=1S/C24H24F4N2O4S/c25-13-35(32,33)29-22-19(30(12-24(22)5-6-24)23(31)20-4-7-34-20)10-14-2-1-3-18(21(14)28)15-8-16(26)11-17(27)9-15/h1-3,8-9,11,19-20,22,29H,4-7,10,12-13H2/t19-,20+,22+/m0/s1. The molecule has 188 valence electrons. The van der Waals surface area contributed by atoms with E-state index in [2.05, 4.69) is 4.72 Å². The first kappa shape index (κ1) is 24.2. The van der Waals surface area contributed by atoms with Crippen LogP contribution in [0.15, 0.2) is 36.4 Å². The third kappa shape index (κ3) is 4.56. The number of likely N-dealkylation sites (tertiary alicyclic amines) is 1. The topological polar surface area (TPSA) is 75.7 Å². The summed E-state index contributed by atoms with van der Waals surface area (Å²) in [4.78, 5) is 14.7. The number of sulfonamides is 1. The van der Waals surface area contributed by atoms with Crippen LogP contribution in [0.25, 0.3) is 11.1 Å². The molecule has 1 N–H and O–H groups in total. The minimum Gasteiger partial charge on any atom is -0.368 e. The Hall–Kier alpha value is -2.50. The maximum Gasteiger partial charge on any atom is 0.252 e. The van der Waals surface area contributed by atoms with Gasteiger partial charge in [0.1, 0.15) is 23.6 Å². The van der Waals surface area contributed by atoms with Gasteiger partial charge in [-0.25, -0.2) is 30.7 Å². The Morgan fingerprint density at radius 2 is 1.83 bits per heavy atom. The van der Waals surface area contributed by atoms with Crippen molar-refractivity contribution in [3.05, 3.63) is 59.4 Å². The van der Waals surface area contributed by atoms with Gasteiger partial charge >= 0.3 is 0 Å². The van der Waals surface area contributed by atoms with E-state index in [1.165, 1.54) is 23.1 Å². The van der Waals surface area contributed by atoms with Crippen LogP contribution < -0.4 is 4.72 Å². The number of carbonyl (C=O) groups is 1. The molecule has 2 aliphatic heterocycles. The molecule has 11 heteroatoms. The van der Waals surface area contributed by atoms with Gasteiger partial charge in [0.05, 0.1) is 12.6 Å². The molecule has 0 aromatic heterocycles. The molecule has 0 radical (unpaired) electrons. The molecule has 2 saturated heterocycles. The van der Waals surface area contributed by atoms with Crippen molar-refractivity contribution in [1.29, 1.82) is 0 Å². The number of nitrogens with zero attached hydrogens (tertiary/aromatic N) is 1. The second-order valence-electron chi connectivity index (χ2n) is 9.50. The molecule has 0 bridgehead atoms. The van der Waals surface area contributed by atoms with Crippen LogP contribution in [-0.4, -0.2) is 56.6 Å². The number of nitrogens with one attached hydrogen (secondary N) is 1. The second-order valence-corrected chi connectivity index (χ2v) is 11.2. The van der Waals surface area contributed by atoms with Crippen LogP contribution in [0.4, 0.5) is 17.6 Å². The largest absolute Gasteiger partial charge is 0.368 e. The Balaban J connectivity index is 1.51. The molecular formula is C24H24F4N2O4S. The van der Waals surface area contributed by atoms with Gasteiger partial charge in [0, 0.05) is 36.1 Å². The zero-order chi connectivity index (χ0) is 25.0. The van der Waals surface area contributed by atoms with E-state index in [4.69, 9.17) is 4.74 Å². The van der Waals surface area contributed by atoms with Crippen LogP contribution in [0.1, 0.15) is 24.8 Å². The Morgan fingerprint density at radius 3 is 2.40 bits per heavy atom. The second kappa shape index (κ2) is 8.86. The SMILES string of the molecule is O=C([C@H]1CCO1)N1CC2(CC2)[C@H](NS(=O)(=O)CF)[C@@H]1Cc1cccc(-c2cc(F)cc(F)c2)c1F. The summed E-state index contributed by atoms with van der Waals surface area (Å²) in [5, 5.41) is 0. The lowest BCUT2D eigenvalue weighted by Gasteiger charge is -2.34. The summed E-state index contributed by atoms with van der Waals surface area (Å²) in [7, 11) is -4.25. The fraction of sp³-hybridized carbons (Fsp3) is 0.458. The first-order valence-electron chi connectivity index (χ1n) is 11.3. The van der Waals surface area contributed by atoms with E-state index < -0.39 is 57.1 Å². The number of ether oxygens (including phenoxy) is 1. The summed E-state index contributed by atoms with van der Waals surface area (Å²) in [5.74, 6) is -2.74. The van der Waals surface area contributed by atoms with Crippen LogP contribution in [0.2, 0.25) is 0 Å². The number of amides is 1. The molecule has 1 saturated carbocycles. The lowest BCUT2D eigenvalue weighted by atomic mass is 9.91. The third-order valence-corrected chi connectivity index (χ3v) is 8.11. The van der Waals surface area contributed by atoms with Gasteiger partial charge < -0.3 is 9.64 Å². The highest BCUT2D eigenvalue weighted by Gasteiger charge is 2.62. The summed E-state index contributed by atoms with van der Waals surface area (Å²) < 4.78 is 88.4. The molecule has 2 aromatic rings. The molecule has 3 fully saturated rings. The Labute approximate surface area is 200 Å². The van der Waals surface area contributed by atoms with E-state index in [1.54, 1.807) is 0 Å². The minimum absolute atomic E-state index is 0.0115. The van der Waals surface area contributed by atoms with Crippen molar-refractivity contribution < 1.29 is 35.5 Å². The number of hydrogen-bond donors (Lipinski definition) is 1. The van der Waals surface area contributed by atoms with E-state index in [0.717, 1.165) is 12.1 Å². The first-order chi connectivity index (χ1) is 16.6. The van der Waals surface area contributed by atoms with E-state index in [9.17, 15) is 26.4 Å². The third-order valence-electron chi connectivity index (χ3n) is 7.21. The average Bonchev–Trinajstić information content (AvgIpc) is 3.48. The summed E-state index contributed by atoms with van der Waals surface area (Å²) in [5.41, 5.74) is -0.420. The number of carbonyl (C=O) groups excluding carboxylic acids is 1. The van der Waals surface area contributed by atoms with Crippen molar-refractivity contribution in [2.45, 2.75) is 43.9 Å². The van der Waals surface area contributed by atoms with Gasteiger partial charge in [0.15, 0.2) is 0 Å². The molecule has 1 amide bonds. The van der Waals surface area contributed by atoms with Crippen molar-refractivity contribution >= 4 is 15.9 Å². The summed E-state index contributed by atoms with van der Waals surface area (Å²) >= 11 is 0. The minimum atomic E-state index is -4.25.